The number of benzene rings is 1. The third-order valence-corrected chi connectivity index (χ3v) is 3.06. The SMILES string of the molecule is CCCOc1ccc(Cl)cc1N1CC(N)CC1=O. The van der Waals surface area contributed by atoms with Crippen LogP contribution in [0, 0.1) is 0 Å². The fourth-order valence-corrected chi connectivity index (χ4v) is 2.17. The van der Waals surface area contributed by atoms with Crippen LogP contribution >= 0.6 is 11.6 Å². The third-order valence-electron chi connectivity index (χ3n) is 2.83. The van der Waals surface area contributed by atoms with E-state index in [1.807, 2.05) is 6.92 Å². The standard InChI is InChI=1S/C13H17ClN2O2/c1-2-5-18-12-4-3-9(14)6-11(12)16-8-10(15)7-13(16)17/h3-4,6,10H,2,5,7-8,15H2,1H3. The van der Waals surface area contributed by atoms with Crippen molar-refractivity contribution in [2.24, 2.45) is 5.73 Å². The van der Waals surface area contributed by atoms with Crippen molar-refractivity contribution in [3.05, 3.63) is 23.2 Å². The van der Waals surface area contributed by atoms with Crippen molar-refractivity contribution in [2.75, 3.05) is 18.1 Å². The van der Waals surface area contributed by atoms with Crippen molar-refractivity contribution >= 4 is 23.2 Å². The van der Waals surface area contributed by atoms with E-state index in [0.29, 0.717) is 36.0 Å². The summed E-state index contributed by atoms with van der Waals surface area (Å²) in [6.45, 7) is 3.16. The van der Waals surface area contributed by atoms with E-state index in [1.165, 1.54) is 0 Å². The molecule has 1 aliphatic heterocycles. The van der Waals surface area contributed by atoms with Gasteiger partial charge in [0, 0.05) is 24.0 Å². The van der Waals surface area contributed by atoms with Gasteiger partial charge < -0.3 is 15.4 Å². The van der Waals surface area contributed by atoms with E-state index in [1.54, 1.807) is 23.1 Å². The van der Waals surface area contributed by atoms with Crippen molar-refractivity contribution in [1.29, 1.82) is 0 Å². The molecule has 1 aromatic rings. The normalized spacial score (nSPS) is 19.4. The van der Waals surface area contributed by atoms with E-state index >= 15 is 0 Å². The molecule has 1 atom stereocenters. The van der Waals surface area contributed by atoms with Crippen LogP contribution in [0.5, 0.6) is 5.75 Å². The Bertz CT molecular complexity index is 451. The Kier molecular flexibility index (Phi) is 4.09. The van der Waals surface area contributed by atoms with Crippen molar-refractivity contribution in [3.8, 4) is 5.75 Å². The summed E-state index contributed by atoms with van der Waals surface area (Å²) < 4.78 is 5.64. The van der Waals surface area contributed by atoms with Gasteiger partial charge in [0.05, 0.1) is 12.3 Å². The molecule has 0 aliphatic carbocycles. The van der Waals surface area contributed by atoms with Gasteiger partial charge in [0.2, 0.25) is 5.91 Å². The largest absolute Gasteiger partial charge is 0.491 e. The van der Waals surface area contributed by atoms with Gasteiger partial charge in [-0.2, -0.15) is 0 Å². The maximum Gasteiger partial charge on any atom is 0.228 e. The summed E-state index contributed by atoms with van der Waals surface area (Å²) in [7, 11) is 0. The first-order valence-corrected chi connectivity index (χ1v) is 6.48. The summed E-state index contributed by atoms with van der Waals surface area (Å²) in [6.07, 6.45) is 1.29. The second kappa shape index (κ2) is 5.59. The molecule has 98 valence electrons. The monoisotopic (exact) mass is 268 g/mol. The highest BCUT2D eigenvalue weighted by molar-refractivity contribution is 6.31. The minimum Gasteiger partial charge on any atom is -0.491 e. The molecule has 2 N–H and O–H groups in total. The van der Waals surface area contributed by atoms with Gasteiger partial charge in [-0.3, -0.25) is 4.79 Å². The van der Waals surface area contributed by atoms with Gasteiger partial charge in [0.1, 0.15) is 5.75 Å². The van der Waals surface area contributed by atoms with Gasteiger partial charge in [-0.1, -0.05) is 18.5 Å². The Balaban J connectivity index is 2.29. The molecule has 1 fully saturated rings. The quantitative estimate of drug-likeness (QED) is 0.911. The molecule has 4 nitrogen and oxygen atoms in total. The summed E-state index contributed by atoms with van der Waals surface area (Å²) in [5.74, 6) is 0.704. The molecular formula is C13H17ClN2O2. The number of nitrogens with two attached hydrogens (primary N) is 1. The minimum absolute atomic E-state index is 0.0196. The van der Waals surface area contributed by atoms with Crippen LogP contribution in [0.2, 0.25) is 5.02 Å². The molecule has 2 rings (SSSR count). The molecule has 0 radical (unpaired) electrons. The van der Waals surface area contributed by atoms with Gasteiger partial charge in [0.25, 0.3) is 0 Å². The smallest absolute Gasteiger partial charge is 0.228 e. The zero-order valence-corrected chi connectivity index (χ0v) is 11.1. The lowest BCUT2D eigenvalue weighted by Crippen LogP contribution is -2.28. The maximum atomic E-state index is 11.9. The number of hydrogen-bond acceptors (Lipinski definition) is 3. The second-order valence-corrected chi connectivity index (χ2v) is 4.87. The van der Waals surface area contributed by atoms with Crippen LogP contribution in [0.4, 0.5) is 5.69 Å². The van der Waals surface area contributed by atoms with E-state index in [9.17, 15) is 4.79 Å². The Morgan fingerprint density at radius 3 is 2.94 bits per heavy atom. The molecule has 1 heterocycles. The molecule has 0 saturated carbocycles. The summed E-state index contributed by atoms with van der Waals surface area (Å²) >= 11 is 5.99. The van der Waals surface area contributed by atoms with Crippen LogP contribution in [0.15, 0.2) is 18.2 Å². The number of ether oxygens (including phenoxy) is 1. The highest BCUT2D eigenvalue weighted by Crippen LogP contribution is 2.33. The summed E-state index contributed by atoms with van der Waals surface area (Å²) in [6, 6.07) is 5.19. The second-order valence-electron chi connectivity index (χ2n) is 4.43. The number of anilines is 1. The van der Waals surface area contributed by atoms with Crippen LogP contribution in [0.1, 0.15) is 19.8 Å². The fourth-order valence-electron chi connectivity index (χ4n) is 2.00. The third kappa shape index (κ3) is 2.76. The first-order chi connectivity index (χ1) is 8.61. The molecular weight excluding hydrogens is 252 g/mol. The highest BCUT2D eigenvalue weighted by atomic mass is 35.5. The van der Waals surface area contributed by atoms with E-state index < -0.39 is 0 Å². The van der Waals surface area contributed by atoms with Gasteiger partial charge in [-0.15, -0.1) is 0 Å². The van der Waals surface area contributed by atoms with Crippen molar-refractivity contribution in [3.63, 3.8) is 0 Å². The number of hydrogen-bond donors (Lipinski definition) is 1. The molecule has 1 saturated heterocycles. The highest BCUT2D eigenvalue weighted by Gasteiger charge is 2.30. The summed E-state index contributed by atoms with van der Waals surface area (Å²) in [5.41, 5.74) is 6.52. The van der Waals surface area contributed by atoms with Crippen LogP contribution in [0.3, 0.4) is 0 Å². The van der Waals surface area contributed by atoms with Crippen LogP contribution in [0.25, 0.3) is 0 Å². The summed E-state index contributed by atoms with van der Waals surface area (Å²) in [5, 5.41) is 0.585. The number of rotatable bonds is 4. The Morgan fingerprint density at radius 2 is 2.33 bits per heavy atom. The Morgan fingerprint density at radius 1 is 1.56 bits per heavy atom. The van der Waals surface area contributed by atoms with Crippen molar-refractivity contribution in [2.45, 2.75) is 25.8 Å². The molecule has 5 heteroatoms. The van der Waals surface area contributed by atoms with E-state index in [-0.39, 0.29) is 11.9 Å². The van der Waals surface area contributed by atoms with Crippen LogP contribution < -0.4 is 15.4 Å². The lowest BCUT2D eigenvalue weighted by atomic mass is 10.2. The van der Waals surface area contributed by atoms with Crippen molar-refractivity contribution < 1.29 is 9.53 Å². The fraction of sp³-hybridized carbons (Fsp3) is 0.462. The number of amides is 1. The topological polar surface area (TPSA) is 55.6 Å². The van der Waals surface area contributed by atoms with Gasteiger partial charge in [-0.05, 0) is 24.6 Å². The number of nitrogens with zero attached hydrogens (tertiary/aromatic N) is 1. The lowest BCUT2D eigenvalue weighted by molar-refractivity contribution is -0.117. The number of carbonyl (C=O) groups excluding carboxylic acids is 1. The Hall–Kier alpha value is -1.26. The predicted octanol–water partition coefficient (Wildman–Crippen LogP) is 2.19. The molecule has 0 aromatic heterocycles. The van der Waals surface area contributed by atoms with E-state index in [2.05, 4.69) is 0 Å². The zero-order valence-electron chi connectivity index (χ0n) is 10.4. The van der Waals surface area contributed by atoms with Crippen LogP contribution in [-0.4, -0.2) is 25.1 Å². The van der Waals surface area contributed by atoms with E-state index in [4.69, 9.17) is 22.1 Å². The minimum atomic E-state index is -0.115. The van der Waals surface area contributed by atoms with E-state index in [0.717, 1.165) is 6.42 Å². The maximum absolute atomic E-state index is 11.9. The average molecular weight is 269 g/mol. The lowest BCUT2D eigenvalue weighted by Gasteiger charge is -2.20. The van der Waals surface area contributed by atoms with Gasteiger partial charge in [0.15, 0.2) is 0 Å². The first kappa shape index (κ1) is 13.2. The molecule has 18 heavy (non-hydrogen) atoms. The predicted molar refractivity (Wildman–Crippen MR) is 72.2 cm³/mol. The molecule has 1 amide bonds. The van der Waals surface area contributed by atoms with Crippen molar-refractivity contribution in [1.82, 2.24) is 0 Å². The van der Waals surface area contributed by atoms with Gasteiger partial charge in [-0.25, -0.2) is 0 Å². The van der Waals surface area contributed by atoms with Gasteiger partial charge >= 0.3 is 0 Å². The Labute approximate surface area is 112 Å². The molecule has 1 unspecified atom stereocenters. The average Bonchev–Trinajstić information content (AvgIpc) is 2.67. The van der Waals surface area contributed by atoms with Crippen LogP contribution in [-0.2, 0) is 4.79 Å². The molecule has 0 bridgehead atoms. The molecule has 1 aliphatic rings. The first-order valence-electron chi connectivity index (χ1n) is 6.10. The molecule has 1 aromatic carbocycles. The number of carbonyl (C=O) groups is 1. The summed E-state index contributed by atoms with van der Waals surface area (Å²) in [4.78, 5) is 13.5. The zero-order chi connectivity index (χ0) is 13.1. The molecule has 0 spiro atoms. The number of halogens is 1.